The molecule has 0 saturated carbocycles. The third-order valence-corrected chi connectivity index (χ3v) is 4.51. The number of carboxylic acid groups (broad SMARTS) is 1. The smallest absolute Gasteiger partial charge is 0.347 e. The molecule has 72 valence electrons. The summed E-state index contributed by atoms with van der Waals surface area (Å²) < 4.78 is 2.58. The Morgan fingerprint density at radius 1 is 1.36 bits per heavy atom. The van der Waals surface area contributed by atoms with Crippen molar-refractivity contribution in [2.75, 3.05) is 0 Å². The van der Waals surface area contributed by atoms with Crippen molar-refractivity contribution in [1.29, 1.82) is 0 Å². The molecule has 2 nitrogen and oxygen atoms in total. The number of carbonyl (C=O) groups is 1. The van der Waals surface area contributed by atoms with Crippen molar-refractivity contribution in [2.24, 2.45) is 0 Å². The molecule has 0 aliphatic rings. The molecule has 0 bridgehead atoms. The second-order valence-electron chi connectivity index (χ2n) is 2.69. The molecule has 14 heavy (non-hydrogen) atoms. The highest BCUT2D eigenvalue weighted by atomic mass is 79.9. The summed E-state index contributed by atoms with van der Waals surface area (Å²) in [7, 11) is 0. The Kier molecular flexibility index (Phi) is 2.64. The lowest BCUT2D eigenvalue weighted by Gasteiger charge is -1.90. The van der Waals surface area contributed by atoms with Crippen molar-refractivity contribution in [2.45, 2.75) is 0 Å². The van der Waals surface area contributed by atoms with E-state index in [0.717, 1.165) is 14.6 Å². The lowest BCUT2D eigenvalue weighted by atomic mass is 10.2. The summed E-state index contributed by atoms with van der Waals surface area (Å²) in [5.41, 5.74) is 0. The monoisotopic (exact) mass is 334 g/mol. The minimum atomic E-state index is -0.894. The minimum absolute atomic E-state index is 0.345. The Labute approximate surface area is 101 Å². The van der Waals surface area contributed by atoms with Gasteiger partial charge in [-0.1, -0.05) is 22.0 Å². The summed E-state index contributed by atoms with van der Waals surface area (Å²) in [5, 5.41) is 9.85. The summed E-state index contributed by atoms with van der Waals surface area (Å²) in [4.78, 5) is 11.2. The van der Waals surface area contributed by atoms with Gasteiger partial charge in [-0.2, -0.15) is 0 Å². The van der Waals surface area contributed by atoms with Gasteiger partial charge < -0.3 is 5.11 Å². The molecule has 1 aromatic carbocycles. The predicted molar refractivity (Wildman–Crippen MR) is 64.2 cm³/mol. The Morgan fingerprint density at radius 3 is 2.71 bits per heavy atom. The Morgan fingerprint density at radius 2 is 2.07 bits per heavy atom. The highest BCUT2D eigenvalue weighted by Gasteiger charge is 2.15. The van der Waals surface area contributed by atoms with Crippen LogP contribution in [-0.2, 0) is 0 Å². The summed E-state index contributed by atoms with van der Waals surface area (Å²) in [6, 6.07) is 5.70. The molecule has 0 amide bonds. The van der Waals surface area contributed by atoms with Gasteiger partial charge in [0.2, 0.25) is 0 Å². The molecular formula is C9H4Br2O2S. The van der Waals surface area contributed by atoms with Crippen LogP contribution < -0.4 is 0 Å². The van der Waals surface area contributed by atoms with Crippen molar-refractivity contribution in [3.05, 3.63) is 32.0 Å². The van der Waals surface area contributed by atoms with Gasteiger partial charge in [0, 0.05) is 14.6 Å². The lowest BCUT2D eigenvalue weighted by Crippen LogP contribution is -1.91. The molecular weight excluding hydrogens is 332 g/mol. The Balaban J connectivity index is 2.79. The van der Waals surface area contributed by atoms with Crippen LogP contribution in [0.1, 0.15) is 9.67 Å². The number of carboxylic acids is 1. The zero-order valence-electron chi connectivity index (χ0n) is 6.75. The van der Waals surface area contributed by atoms with Crippen LogP contribution in [0.25, 0.3) is 10.1 Å². The lowest BCUT2D eigenvalue weighted by molar-refractivity contribution is 0.0701. The maximum absolute atomic E-state index is 10.8. The van der Waals surface area contributed by atoms with E-state index < -0.39 is 5.97 Å². The first-order chi connectivity index (χ1) is 6.59. The Hall–Kier alpha value is -0.390. The van der Waals surface area contributed by atoms with Crippen molar-refractivity contribution < 1.29 is 9.90 Å². The van der Waals surface area contributed by atoms with Gasteiger partial charge in [0.15, 0.2) is 0 Å². The van der Waals surface area contributed by atoms with Crippen LogP contribution in [0.4, 0.5) is 0 Å². The van der Waals surface area contributed by atoms with Gasteiger partial charge in [0.1, 0.15) is 4.88 Å². The molecule has 5 heteroatoms. The molecule has 0 unspecified atom stereocenters. The van der Waals surface area contributed by atoms with E-state index in [1.54, 1.807) is 0 Å². The average Bonchev–Trinajstić information content (AvgIpc) is 2.43. The van der Waals surface area contributed by atoms with Crippen molar-refractivity contribution >= 4 is 59.3 Å². The first-order valence-electron chi connectivity index (χ1n) is 3.70. The quantitative estimate of drug-likeness (QED) is 0.851. The molecule has 0 atom stereocenters. The van der Waals surface area contributed by atoms with Gasteiger partial charge in [-0.25, -0.2) is 4.79 Å². The fourth-order valence-electron chi connectivity index (χ4n) is 1.18. The number of rotatable bonds is 1. The zero-order valence-corrected chi connectivity index (χ0v) is 10.7. The van der Waals surface area contributed by atoms with Gasteiger partial charge in [0.25, 0.3) is 0 Å². The molecule has 1 N–H and O–H groups in total. The first-order valence-corrected chi connectivity index (χ1v) is 6.10. The second kappa shape index (κ2) is 3.64. The second-order valence-corrected chi connectivity index (χ2v) is 5.45. The van der Waals surface area contributed by atoms with Gasteiger partial charge in [0.05, 0.1) is 4.47 Å². The topological polar surface area (TPSA) is 37.3 Å². The normalized spacial score (nSPS) is 10.7. The summed E-state index contributed by atoms with van der Waals surface area (Å²) in [5.74, 6) is -0.894. The molecule has 1 aromatic heterocycles. The standard InChI is InChI=1S/C9H4Br2O2S/c10-4-1-2-5-6(3-4)14-8(7(5)11)9(12)13/h1-3H,(H,12,13). The van der Waals surface area contributed by atoms with Crippen molar-refractivity contribution in [3.8, 4) is 0 Å². The SMILES string of the molecule is O=C(O)c1sc2cc(Br)ccc2c1Br. The van der Waals surface area contributed by atoms with Crippen LogP contribution >= 0.6 is 43.2 Å². The van der Waals surface area contributed by atoms with Crippen LogP contribution in [0.2, 0.25) is 0 Å². The molecule has 2 rings (SSSR count). The largest absolute Gasteiger partial charge is 0.477 e. The summed E-state index contributed by atoms with van der Waals surface area (Å²) in [6.45, 7) is 0. The molecule has 2 aromatic rings. The molecule has 1 heterocycles. The van der Waals surface area contributed by atoms with Gasteiger partial charge in [-0.05, 0) is 28.1 Å². The van der Waals surface area contributed by atoms with Crippen molar-refractivity contribution in [3.63, 3.8) is 0 Å². The number of halogens is 2. The van der Waals surface area contributed by atoms with Crippen LogP contribution in [0.15, 0.2) is 27.1 Å². The van der Waals surface area contributed by atoms with Crippen molar-refractivity contribution in [1.82, 2.24) is 0 Å². The maximum Gasteiger partial charge on any atom is 0.347 e. The molecule has 0 fully saturated rings. The van der Waals surface area contributed by atoms with E-state index in [0.29, 0.717) is 9.35 Å². The van der Waals surface area contributed by atoms with Crippen LogP contribution in [0, 0.1) is 0 Å². The minimum Gasteiger partial charge on any atom is -0.477 e. The summed E-state index contributed by atoms with van der Waals surface area (Å²) in [6.07, 6.45) is 0. The zero-order chi connectivity index (χ0) is 10.3. The van der Waals surface area contributed by atoms with E-state index in [2.05, 4.69) is 31.9 Å². The van der Waals surface area contributed by atoms with E-state index in [9.17, 15) is 4.79 Å². The molecule has 0 saturated heterocycles. The summed E-state index contributed by atoms with van der Waals surface area (Å²) >= 11 is 7.91. The predicted octanol–water partition coefficient (Wildman–Crippen LogP) is 4.12. The number of fused-ring (bicyclic) bond motifs is 1. The molecule has 0 spiro atoms. The first kappa shape index (κ1) is 10.1. The Bertz CT molecular complexity index is 519. The molecule has 0 radical (unpaired) electrons. The van der Waals surface area contributed by atoms with Gasteiger partial charge in [-0.3, -0.25) is 0 Å². The molecule has 0 aliphatic heterocycles. The fraction of sp³-hybridized carbons (Fsp3) is 0. The number of aromatic carboxylic acids is 1. The highest BCUT2D eigenvalue weighted by molar-refractivity contribution is 9.11. The molecule has 0 aliphatic carbocycles. The van der Waals surface area contributed by atoms with E-state index in [1.165, 1.54) is 11.3 Å². The van der Waals surface area contributed by atoms with Gasteiger partial charge >= 0.3 is 5.97 Å². The fourth-order valence-corrected chi connectivity index (χ4v) is 3.55. The number of benzene rings is 1. The number of hydrogen-bond acceptors (Lipinski definition) is 2. The third-order valence-electron chi connectivity index (χ3n) is 1.79. The van der Waals surface area contributed by atoms with E-state index in [-0.39, 0.29) is 0 Å². The van der Waals surface area contributed by atoms with E-state index >= 15 is 0 Å². The number of hydrogen-bond donors (Lipinski definition) is 1. The van der Waals surface area contributed by atoms with Crippen LogP contribution in [0.5, 0.6) is 0 Å². The maximum atomic E-state index is 10.8. The highest BCUT2D eigenvalue weighted by Crippen LogP contribution is 2.36. The third kappa shape index (κ3) is 1.60. The average molecular weight is 336 g/mol. The van der Waals surface area contributed by atoms with Crippen LogP contribution in [0.3, 0.4) is 0 Å². The van der Waals surface area contributed by atoms with Crippen LogP contribution in [-0.4, -0.2) is 11.1 Å². The van der Waals surface area contributed by atoms with E-state index in [4.69, 9.17) is 5.11 Å². The number of thiophene rings is 1. The van der Waals surface area contributed by atoms with Gasteiger partial charge in [-0.15, -0.1) is 11.3 Å². The van der Waals surface area contributed by atoms with E-state index in [1.807, 2.05) is 18.2 Å².